The van der Waals surface area contributed by atoms with Gasteiger partial charge in [-0.25, -0.2) is 0 Å². The first-order valence-electron chi connectivity index (χ1n) is 13.5. The number of allylic oxidation sites excluding steroid dienone is 4. The molecular formula is C31H56. The van der Waals surface area contributed by atoms with E-state index in [-0.39, 0.29) is 0 Å². The van der Waals surface area contributed by atoms with Crippen LogP contribution in [-0.2, 0) is 0 Å². The van der Waals surface area contributed by atoms with Gasteiger partial charge in [0.1, 0.15) is 0 Å². The van der Waals surface area contributed by atoms with Crippen LogP contribution in [0.25, 0.3) is 0 Å². The lowest BCUT2D eigenvalue weighted by Crippen LogP contribution is -2.17. The summed E-state index contributed by atoms with van der Waals surface area (Å²) in [4.78, 5) is 0. The van der Waals surface area contributed by atoms with E-state index in [9.17, 15) is 0 Å². The van der Waals surface area contributed by atoms with E-state index >= 15 is 0 Å². The summed E-state index contributed by atoms with van der Waals surface area (Å²) in [6.45, 7) is 27.9. The van der Waals surface area contributed by atoms with E-state index in [0.717, 1.165) is 42.9 Å². The van der Waals surface area contributed by atoms with Gasteiger partial charge in [-0.3, -0.25) is 0 Å². The summed E-state index contributed by atoms with van der Waals surface area (Å²) >= 11 is 0. The maximum Gasteiger partial charge on any atom is -0.0194 e. The number of rotatable bonds is 13. The molecule has 0 spiro atoms. The highest BCUT2D eigenvalue weighted by atomic mass is 14.3. The molecule has 5 unspecified atom stereocenters. The van der Waals surface area contributed by atoms with E-state index < -0.39 is 0 Å². The quantitative estimate of drug-likeness (QED) is 0.202. The molecule has 31 heavy (non-hydrogen) atoms. The first-order chi connectivity index (χ1) is 14.5. The van der Waals surface area contributed by atoms with Crippen LogP contribution in [0.2, 0.25) is 0 Å². The summed E-state index contributed by atoms with van der Waals surface area (Å²) in [7, 11) is 0. The molecule has 0 aliphatic heterocycles. The van der Waals surface area contributed by atoms with Crippen LogP contribution in [-0.4, -0.2) is 0 Å². The molecule has 1 fully saturated rings. The fraction of sp³-hybridized carbons (Fsp3) is 0.806. The smallest absolute Gasteiger partial charge is 0.0194 e. The fourth-order valence-corrected chi connectivity index (χ4v) is 5.92. The Bertz CT molecular complexity index is 575. The summed E-state index contributed by atoms with van der Waals surface area (Å²) in [6, 6.07) is 0. The molecule has 5 atom stereocenters. The van der Waals surface area contributed by atoms with Gasteiger partial charge in [0.15, 0.2) is 0 Å². The minimum absolute atomic E-state index is 0.342. The Labute approximate surface area is 197 Å². The Morgan fingerprint density at radius 1 is 1.03 bits per heavy atom. The Kier molecular flexibility index (Phi) is 12.5. The second-order valence-corrected chi connectivity index (χ2v) is 12.0. The molecule has 0 aromatic rings. The predicted octanol–water partition coefficient (Wildman–Crippen LogP) is 10.6. The molecule has 0 heteroatoms. The monoisotopic (exact) mass is 428 g/mol. The van der Waals surface area contributed by atoms with Crippen LogP contribution in [0.5, 0.6) is 0 Å². The van der Waals surface area contributed by atoms with Crippen LogP contribution in [0.15, 0.2) is 36.0 Å². The van der Waals surface area contributed by atoms with Gasteiger partial charge in [-0.2, -0.15) is 0 Å². The standard InChI is InChI=1S/C31H56/c1-11-23(4)16-17-31(9,10)22-29(13-3)26(7)18-24(5)19-27(8)30-15-14-28(12-2)20-25(6)21-30/h13,25-28,30H,4-5,11-12,14-22H2,1-3,6-10H3. The first-order valence-corrected chi connectivity index (χ1v) is 13.5. The molecule has 1 aliphatic carbocycles. The van der Waals surface area contributed by atoms with Crippen molar-refractivity contribution in [1.82, 2.24) is 0 Å². The topological polar surface area (TPSA) is 0 Å². The lowest BCUT2D eigenvalue weighted by molar-refractivity contribution is 0.285. The van der Waals surface area contributed by atoms with E-state index in [1.165, 1.54) is 62.5 Å². The van der Waals surface area contributed by atoms with Crippen molar-refractivity contribution in [3.63, 3.8) is 0 Å². The van der Waals surface area contributed by atoms with Crippen LogP contribution >= 0.6 is 0 Å². The molecule has 1 rings (SSSR count). The van der Waals surface area contributed by atoms with Crippen LogP contribution < -0.4 is 0 Å². The van der Waals surface area contributed by atoms with E-state index in [1.807, 2.05) is 0 Å². The third kappa shape index (κ3) is 10.6. The Balaban J connectivity index is 2.57. The zero-order chi connectivity index (χ0) is 23.6. The molecule has 0 nitrogen and oxygen atoms in total. The van der Waals surface area contributed by atoms with E-state index in [0.29, 0.717) is 11.3 Å². The summed E-state index contributed by atoms with van der Waals surface area (Å²) in [6.07, 6.45) is 16.6. The molecule has 1 aliphatic rings. The number of hydrogen-bond donors (Lipinski definition) is 0. The van der Waals surface area contributed by atoms with Gasteiger partial charge in [0.2, 0.25) is 0 Å². The molecule has 0 bridgehead atoms. The lowest BCUT2D eigenvalue weighted by atomic mass is 9.75. The van der Waals surface area contributed by atoms with Crippen molar-refractivity contribution in [2.24, 2.45) is 35.0 Å². The van der Waals surface area contributed by atoms with Crippen molar-refractivity contribution < 1.29 is 0 Å². The molecule has 0 saturated heterocycles. The van der Waals surface area contributed by atoms with Crippen molar-refractivity contribution in [2.75, 3.05) is 0 Å². The summed E-state index contributed by atoms with van der Waals surface area (Å²) in [5.74, 6) is 4.14. The molecule has 0 aromatic heterocycles. The molecule has 1 saturated carbocycles. The second-order valence-electron chi connectivity index (χ2n) is 12.0. The van der Waals surface area contributed by atoms with E-state index in [2.05, 4.69) is 74.6 Å². The Morgan fingerprint density at radius 2 is 1.71 bits per heavy atom. The molecule has 180 valence electrons. The third-order valence-corrected chi connectivity index (χ3v) is 8.32. The highest BCUT2D eigenvalue weighted by Crippen LogP contribution is 2.40. The highest BCUT2D eigenvalue weighted by Gasteiger charge is 2.27. The van der Waals surface area contributed by atoms with Gasteiger partial charge in [0.05, 0.1) is 0 Å². The van der Waals surface area contributed by atoms with Crippen LogP contribution in [0, 0.1) is 35.0 Å². The minimum Gasteiger partial charge on any atom is -0.0999 e. The minimum atomic E-state index is 0.342. The molecule has 0 amide bonds. The fourth-order valence-electron chi connectivity index (χ4n) is 5.92. The van der Waals surface area contributed by atoms with Gasteiger partial charge in [0, 0.05) is 0 Å². The predicted molar refractivity (Wildman–Crippen MR) is 142 cm³/mol. The van der Waals surface area contributed by atoms with Crippen LogP contribution in [0.4, 0.5) is 0 Å². The molecule has 0 aromatic carbocycles. The average molecular weight is 429 g/mol. The highest BCUT2D eigenvalue weighted by molar-refractivity contribution is 5.12. The summed E-state index contributed by atoms with van der Waals surface area (Å²) < 4.78 is 0. The largest absolute Gasteiger partial charge is 0.0999 e. The van der Waals surface area contributed by atoms with Crippen molar-refractivity contribution in [2.45, 2.75) is 126 Å². The maximum atomic E-state index is 4.55. The zero-order valence-electron chi connectivity index (χ0n) is 22.7. The third-order valence-electron chi connectivity index (χ3n) is 8.32. The molecule has 0 heterocycles. The second kappa shape index (κ2) is 13.7. The van der Waals surface area contributed by atoms with Gasteiger partial charge in [-0.1, -0.05) is 97.3 Å². The Morgan fingerprint density at radius 3 is 2.29 bits per heavy atom. The van der Waals surface area contributed by atoms with Crippen LogP contribution in [0.1, 0.15) is 126 Å². The normalized spacial score (nSPS) is 25.0. The van der Waals surface area contributed by atoms with E-state index in [4.69, 9.17) is 0 Å². The zero-order valence-corrected chi connectivity index (χ0v) is 22.7. The van der Waals surface area contributed by atoms with Gasteiger partial charge < -0.3 is 0 Å². The van der Waals surface area contributed by atoms with Gasteiger partial charge in [-0.15, -0.1) is 0 Å². The van der Waals surface area contributed by atoms with Crippen molar-refractivity contribution >= 4 is 0 Å². The van der Waals surface area contributed by atoms with Crippen LogP contribution in [0.3, 0.4) is 0 Å². The van der Waals surface area contributed by atoms with Gasteiger partial charge >= 0.3 is 0 Å². The maximum absolute atomic E-state index is 4.55. The van der Waals surface area contributed by atoms with Gasteiger partial charge in [0.25, 0.3) is 0 Å². The van der Waals surface area contributed by atoms with Crippen molar-refractivity contribution in [1.29, 1.82) is 0 Å². The lowest BCUT2D eigenvalue weighted by Gasteiger charge is -2.30. The average Bonchev–Trinajstić information content (AvgIpc) is 2.91. The molecular weight excluding hydrogens is 372 g/mol. The molecule has 0 N–H and O–H groups in total. The van der Waals surface area contributed by atoms with Crippen molar-refractivity contribution in [3.05, 3.63) is 36.0 Å². The first kappa shape index (κ1) is 28.3. The molecule has 0 radical (unpaired) electrons. The van der Waals surface area contributed by atoms with E-state index in [1.54, 1.807) is 5.57 Å². The summed E-state index contributed by atoms with van der Waals surface area (Å²) in [5.41, 5.74) is 4.83. The van der Waals surface area contributed by atoms with Crippen molar-refractivity contribution in [3.8, 4) is 0 Å². The number of hydrogen-bond acceptors (Lipinski definition) is 0. The Hall–Kier alpha value is -0.780. The van der Waals surface area contributed by atoms with Gasteiger partial charge in [-0.05, 0) is 99.7 Å². The SMILES string of the molecule is C=C(CC)CCC(C)(C)CC(=CC)C(C)CC(=C)CC(C)C1CCC(CC)CC(C)C1. The summed E-state index contributed by atoms with van der Waals surface area (Å²) in [5, 5.41) is 0.